The van der Waals surface area contributed by atoms with E-state index in [1.165, 1.54) is 0 Å². The lowest BCUT2D eigenvalue weighted by atomic mass is 9.87. The number of hydrogen-bond acceptors (Lipinski definition) is 2. The highest BCUT2D eigenvalue weighted by molar-refractivity contribution is 5.18. The molecule has 0 aromatic heterocycles. The minimum absolute atomic E-state index is 0.0216. The molecule has 0 aliphatic heterocycles. The molecule has 0 amide bonds. The van der Waals surface area contributed by atoms with Gasteiger partial charge in [0.05, 0.1) is 6.10 Å². The zero-order chi connectivity index (χ0) is 10.6. The third-order valence-corrected chi connectivity index (χ3v) is 2.61. The Hall–Kier alpha value is -0.860. The number of aliphatic hydroxyl groups excluding tert-OH is 2. The molecule has 0 radical (unpaired) electrons. The Morgan fingerprint density at radius 3 is 2.14 bits per heavy atom. The average Bonchev–Trinajstić information content (AvgIpc) is 2.19. The highest BCUT2D eigenvalue weighted by atomic mass is 16.3. The van der Waals surface area contributed by atoms with Crippen molar-refractivity contribution in [1.82, 2.24) is 0 Å². The lowest BCUT2D eigenvalue weighted by molar-refractivity contribution is 0.0407. The summed E-state index contributed by atoms with van der Waals surface area (Å²) >= 11 is 0. The molecule has 1 rings (SSSR count). The molecule has 14 heavy (non-hydrogen) atoms. The monoisotopic (exact) mass is 194 g/mol. The first-order chi connectivity index (χ1) is 6.66. The van der Waals surface area contributed by atoms with Crippen molar-refractivity contribution >= 4 is 0 Å². The van der Waals surface area contributed by atoms with Crippen LogP contribution in [0.2, 0.25) is 0 Å². The quantitative estimate of drug-likeness (QED) is 0.769. The first kappa shape index (κ1) is 11.2. The second-order valence-corrected chi connectivity index (χ2v) is 3.95. The second-order valence-electron chi connectivity index (χ2n) is 3.95. The van der Waals surface area contributed by atoms with Crippen molar-refractivity contribution in [2.45, 2.75) is 20.0 Å². The molecule has 1 aromatic rings. The van der Waals surface area contributed by atoms with Crippen LogP contribution in [0.15, 0.2) is 30.3 Å². The molecule has 0 heterocycles. The normalized spacial score (nSPS) is 15.5. The summed E-state index contributed by atoms with van der Waals surface area (Å²) in [6, 6.07) is 9.48. The van der Waals surface area contributed by atoms with Crippen LogP contribution in [-0.2, 0) is 0 Å². The molecule has 0 aliphatic carbocycles. The standard InChI is InChI=1S/C12H18O2/c1-9(2)11(8-13)12(14)10-6-4-3-5-7-10/h3-7,9,11-14H,8H2,1-2H3/t11-,12?/m1/s1. The zero-order valence-corrected chi connectivity index (χ0v) is 8.72. The first-order valence-corrected chi connectivity index (χ1v) is 5.00. The molecule has 2 heteroatoms. The predicted molar refractivity (Wildman–Crippen MR) is 56.8 cm³/mol. The Morgan fingerprint density at radius 2 is 1.71 bits per heavy atom. The molecule has 2 N–H and O–H groups in total. The van der Waals surface area contributed by atoms with Gasteiger partial charge in [0.1, 0.15) is 0 Å². The number of benzene rings is 1. The topological polar surface area (TPSA) is 40.5 Å². The summed E-state index contributed by atoms with van der Waals surface area (Å²) in [5.41, 5.74) is 0.875. The minimum Gasteiger partial charge on any atom is -0.396 e. The Bertz CT molecular complexity index is 256. The van der Waals surface area contributed by atoms with Crippen LogP contribution in [0, 0.1) is 11.8 Å². The Labute approximate surface area is 85.2 Å². The predicted octanol–water partition coefficient (Wildman–Crippen LogP) is 1.98. The molecule has 1 aromatic carbocycles. The van der Waals surface area contributed by atoms with E-state index in [9.17, 15) is 5.11 Å². The van der Waals surface area contributed by atoms with Crippen LogP contribution in [0.1, 0.15) is 25.5 Å². The van der Waals surface area contributed by atoms with E-state index < -0.39 is 6.10 Å². The van der Waals surface area contributed by atoms with E-state index in [2.05, 4.69) is 0 Å². The van der Waals surface area contributed by atoms with Crippen molar-refractivity contribution in [1.29, 1.82) is 0 Å². The van der Waals surface area contributed by atoms with E-state index in [1.807, 2.05) is 44.2 Å². The van der Waals surface area contributed by atoms with Gasteiger partial charge in [-0.05, 0) is 11.5 Å². The average molecular weight is 194 g/mol. The number of aliphatic hydroxyl groups is 2. The van der Waals surface area contributed by atoms with Gasteiger partial charge in [-0.1, -0.05) is 44.2 Å². The fraction of sp³-hybridized carbons (Fsp3) is 0.500. The molecular formula is C12H18O2. The molecule has 0 spiro atoms. The summed E-state index contributed by atoms with van der Waals surface area (Å²) in [4.78, 5) is 0. The summed E-state index contributed by atoms with van der Waals surface area (Å²) in [6.07, 6.45) is -0.568. The Morgan fingerprint density at radius 1 is 1.14 bits per heavy atom. The van der Waals surface area contributed by atoms with E-state index >= 15 is 0 Å². The zero-order valence-electron chi connectivity index (χ0n) is 8.72. The van der Waals surface area contributed by atoms with Crippen LogP contribution in [-0.4, -0.2) is 16.8 Å². The van der Waals surface area contributed by atoms with E-state index in [1.54, 1.807) is 0 Å². The smallest absolute Gasteiger partial charge is 0.0842 e. The fourth-order valence-electron chi connectivity index (χ4n) is 1.57. The Balaban J connectivity index is 2.78. The summed E-state index contributed by atoms with van der Waals surface area (Å²) in [5.74, 6) is 0.188. The molecule has 0 saturated heterocycles. The van der Waals surface area contributed by atoms with Crippen molar-refractivity contribution in [2.24, 2.45) is 11.8 Å². The summed E-state index contributed by atoms with van der Waals surface area (Å²) in [6.45, 7) is 4.04. The van der Waals surface area contributed by atoms with Gasteiger partial charge in [0.25, 0.3) is 0 Å². The molecule has 2 nitrogen and oxygen atoms in total. The van der Waals surface area contributed by atoms with Gasteiger partial charge in [0.15, 0.2) is 0 Å². The van der Waals surface area contributed by atoms with Gasteiger partial charge in [-0.25, -0.2) is 0 Å². The van der Waals surface area contributed by atoms with Crippen LogP contribution in [0.3, 0.4) is 0 Å². The van der Waals surface area contributed by atoms with Crippen LogP contribution in [0.4, 0.5) is 0 Å². The minimum atomic E-state index is -0.568. The number of rotatable bonds is 4. The van der Waals surface area contributed by atoms with Crippen molar-refractivity contribution in [3.8, 4) is 0 Å². The Kier molecular flexibility index (Phi) is 4.11. The molecule has 2 atom stereocenters. The van der Waals surface area contributed by atoms with E-state index in [0.29, 0.717) is 0 Å². The molecule has 0 aliphatic rings. The molecule has 78 valence electrons. The fourth-order valence-corrected chi connectivity index (χ4v) is 1.57. The van der Waals surface area contributed by atoms with Gasteiger partial charge in [-0.3, -0.25) is 0 Å². The molecule has 0 fully saturated rings. The SMILES string of the molecule is CC(C)[C@@H](CO)C(O)c1ccccc1. The third kappa shape index (κ3) is 2.56. The van der Waals surface area contributed by atoms with Gasteiger partial charge in [0.2, 0.25) is 0 Å². The van der Waals surface area contributed by atoms with Crippen LogP contribution in [0.5, 0.6) is 0 Å². The van der Waals surface area contributed by atoms with Gasteiger partial charge >= 0.3 is 0 Å². The van der Waals surface area contributed by atoms with Gasteiger partial charge in [-0.15, -0.1) is 0 Å². The highest BCUT2D eigenvalue weighted by Gasteiger charge is 2.22. The molecule has 0 saturated carbocycles. The lowest BCUT2D eigenvalue weighted by Gasteiger charge is -2.24. The van der Waals surface area contributed by atoms with Gasteiger partial charge < -0.3 is 10.2 Å². The first-order valence-electron chi connectivity index (χ1n) is 5.00. The van der Waals surface area contributed by atoms with Gasteiger partial charge in [0, 0.05) is 12.5 Å². The summed E-state index contributed by atoms with van der Waals surface area (Å²) in [5, 5.41) is 19.2. The van der Waals surface area contributed by atoms with E-state index in [0.717, 1.165) is 5.56 Å². The summed E-state index contributed by atoms with van der Waals surface area (Å²) < 4.78 is 0. The highest BCUT2D eigenvalue weighted by Crippen LogP contribution is 2.27. The van der Waals surface area contributed by atoms with Gasteiger partial charge in [-0.2, -0.15) is 0 Å². The summed E-state index contributed by atoms with van der Waals surface area (Å²) in [7, 11) is 0. The third-order valence-electron chi connectivity index (χ3n) is 2.61. The molecular weight excluding hydrogens is 176 g/mol. The maximum Gasteiger partial charge on any atom is 0.0842 e. The maximum absolute atomic E-state index is 9.99. The van der Waals surface area contributed by atoms with Crippen molar-refractivity contribution < 1.29 is 10.2 Å². The van der Waals surface area contributed by atoms with E-state index in [4.69, 9.17) is 5.11 Å². The van der Waals surface area contributed by atoms with Crippen LogP contribution in [0.25, 0.3) is 0 Å². The van der Waals surface area contributed by atoms with E-state index in [-0.39, 0.29) is 18.4 Å². The maximum atomic E-state index is 9.99. The lowest BCUT2D eigenvalue weighted by Crippen LogP contribution is -2.22. The van der Waals surface area contributed by atoms with Crippen LogP contribution < -0.4 is 0 Å². The second kappa shape index (κ2) is 5.13. The van der Waals surface area contributed by atoms with Crippen LogP contribution >= 0.6 is 0 Å². The number of hydrogen-bond donors (Lipinski definition) is 2. The van der Waals surface area contributed by atoms with Crippen molar-refractivity contribution in [3.63, 3.8) is 0 Å². The van der Waals surface area contributed by atoms with Crippen molar-refractivity contribution in [3.05, 3.63) is 35.9 Å². The largest absolute Gasteiger partial charge is 0.396 e. The molecule has 0 bridgehead atoms. The molecule has 1 unspecified atom stereocenters. The van der Waals surface area contributed by atoms with Crippen molar-refractivity contribution in [2.75, 3.05) is 6.61 Å².